The van der Waals surface area contributed by atoms with Crippen LogP contribution >= 0.6 is 0 Å². The van der Waals surface area contributed by atoms with E-state index in [0.29, 0.717) is 25.8 Å². The molecule has 3 N–H and O–H groups in total. The second-order valence-electron chi connectivity index (χ2n) is 10.6. The van der Waals surface area contributed by atoms with Crippen LogP contribution in [0.4, 0.5) is 0 Å². The van der Waals surface area contributed by atoms with E-state index < -0.39 is 35.1 Å². The van der Waals surface area contributed by atoms with E-state index in [1.807, 2.05) is 34.6 Å². The van der Waals surface area contributed by atoms with Crippen LogP contribution < -0.4 is 10.6 Å². The summed E-state index contributed by atoms with van der Waals surface area (Å²) in [6.45, 7) is 12.2. The molecule has 3 aliphatic heterocycles. The molecule has 8 heteroatoms. The molecular weight excluding hydrogens is 422 g/mol. The molecule has 3 rings (SSSR count). The summed E-state index contributed by atoms with van der Waals surface area (Å²) in [6.07, 6.45) is 4.37. The highest BCUT2D eigenvalue weighted by molar-refractivity contribution is 5.99. The van der Waals surface area contributed by atoms with Crippen molar-refractivity contribution in [2.75, 3.05) is 13.2 Å². The van der Waals surface area contributed by atoms with E-state index in [1.54, 1.807) is 4.90 Å². The van der Waals surface area contributed by atoms with Crippen LogP contribution in [0.5, 0.6) is 0 Å². The van der Waals surface area contributed by atoms with Crippen LogP contribution in [0.2, 0.25) is 0 Å². The predicted octanol–water partition coefficient (Wildman–Crippen LogP) is 1.99. The van der Waals surface area contributed by atoms with Crippen molar-refractivity contribution in [2.24, 2.45) is 17.8 Å². The van der Waals surface area contributed by atoms with Gasteiger partial charge < -0.3 is 25.4 Å². The maximum absolute atomic E-state index is 14.0. The largest absolute Gasteiger partial charge is 0.394 e. The Kier molecular flexibility index (Phi) is 7.79. The van der Waals surface area contributed by atoms with Crippen molar-refractivity contribution in [1.82, 2.24) is 15.5 Å². The van der Waals surface area contributed by atoms with E-state index in [1.165, 1.54) is 0 Å². The topological polar surface area (TPSA) is 108 Å². The van der Waals surface area contributed by atoms with Crippen LogP contribution in [-0.4, -0.2) is 70.2 Å². The quantitative estimate of drug-likeness (QED) is 0.433. The van der Waals surface area contributed by atoms with Gasteiger partial charge in [-0.05, 0) is 44.9 Å². The van der Waals surface area contributed by atoms with E-state index in [9.17, 15) is 19.5 Å². The first-order chi connectivity index (χ1) is 15.6. The molecule has 3 aliphatic rings. The average Bonchev–Trinajstić information content (AvgIpc) is 3.36. The van der Waals surface area contributed by atoms with E-state index in [0.717, 1.165) is 19.3 Å². The van der Waals surface area contributed by atoms with Crippen molar-refractivity contribution in [2.45, 2.75) is 109 Å². The number of hydrogen-bond donors (Lipinski definition) is 3. The third-order valence-electron chi connectivity index (χ3n) is 8.12. The predicted molar refractivity (Wildman–Crippen MR) is 125 cm³/mol. The molecule has 7 atom stereocenters. The molecule has 3 unspecified atom stereocenters. The number of fused-ring (bicyclic) bond motifs is 1. The molecule has 188 valence electrons. The third-order valence-corrected chi connectivity index (χ3v) is 8.12. The number of amides is 3. The molecule has 0 saturated carbocycles. The van der Waals surface area contributed by atoms with Crippen LogP contribution in [-0.2, 0) is 19.1 Å². The normalized spacial score (nSPS) is 34.5. The fourth-order valence-corrected chi connectivity index (χ4v) is 6.52. The lowest BCUT2D eigenvalue weighted by Crippen LogP contribution is -2.60. The number of aliphatic hydroxyl groups excluding tert-OH is 1. The number of likely N-dealkylation sites (tertiary alicyclic amines) is 1. The van der Waals surface area contributed by atoms with Gasteiger partial charge in [-0.25, -0.2) is 0 Å². The zero-order valence-corrected chi connectivity index (χ0v) is 21.1. The van der Waals surface area contributed by atoms with Crippen molar-refractivity contribution >= 4 is 17.7 Å². The number of carbonyl (C=O) groups excluding carboxylic acids is 3. The summed E-state index contributed by atoms with van der Waals surface area (Å²) in [4.78, 5) is 42.7. The fraction of sp³-hybridized carbons (Fsp3) is 0.880. The lowest BCUT2D eigenvalue weighted by molar-refractivity contribution is -0.152. The average molecular weight is 466 g/mol. The van der Waals surface area contributed by atoms with E-state index >= 15 is 0 Å². The van der Waals surface area contributed by atoms with E-state index in [4.69, 9.17) is 4.74 Å². The van der Waals surface area contributed by atoms with Crippen LogP contribution in [0.3, 0.4) is 0 Å². The van der Waals surface area contributed by atoms with Gasteiger partial charge in [0.15, 0.2) is 0 Å². The second kappa shape index (κ2) is 9.90. The third kappa shape index (κ3) is 4.07. The summed E-state index contributed by atoms with van der Waals surface area (Å²) in [5.41, 5.74) is -1.77. The highest BCUT2D eigenvalue weighted by Crippen LogP contribution is 2.64. The molecule has 3 saturated heterocycles. The van der Waals surface area contributed by atoms with Crippen molar-refractivity contribution in [3.63, 3.8) is 0 Å². The molecule has 0 aromatic carbocycles. The Labute approximate surface area is 198 Å². The monoisotopic (exact) mass is 465 g/mol. The van der Waals surface area contributed by atoms with Gasteiger partial charge in [-0.2, -0.15) is 0 Å². The number of rotatable bonds is 11. The number of carbonyl (C=O) groups is 3. The van der Waals surface area contributed by atoms with Gasteiger partial charge in [0.2, 0.25) is 17.7 Å². The maximum atomic E-state index is 14.0. The van der Waals surface area contributed by atoms with Crippen LogP contribution in [0.1, 0.15) is 80.1 Å². The minimum Gasteiger partial charge on any atom is -0.394 e. The minimum atomic E-state index is -1.04. The van der Waals surface area contributed by atoms with Gasteiger partial charge in [0.1, 0.15) is 11.6 Å². The standard InChI is InChI=1S/C25H43N3O5/c1-7-10-16(6)27-22(31)20-25-12-11-24(9-3,33-25)18(21(30)26-13-8-2)19(25)23(32)28(20)17(14-29)15(4)5/h15-20,29H,7-14H2,1-6H3,(H,26,30)(H,27,31)/t16?,17-,18+,19-,20?,24-,25?/m0/s1. The van der Waals surface area contributed by atoms with Gasteiger partial charge >= 0.3 is 0 Å². The van der Waals surface area contributed by atoms with E-state index in [2.05, 4.69) is 17.6 Å². The van der Waals surface area contributed by atoms with Crippen LogP contribution in [0.25, 0.3) is 0 Å². The van der Waals surface area contributed by atoms with Gasteiger partial charge in [-0.1, -0.05) is 41.0 Å². The van der Waals surface area contributed by atoms with Crippen molar-refractivity contribution in [1.29, 1.82) is 0 Å². The Morgan fingerprint density at radius 1 is 1.15 bits per heavy atom. The van der Waals surface area contributed by atoms with Gasteiger partial charge in [-0.3, -0.25) is 14.4 Å². The molecular formula is C25H43N3O5. The number of aliphatic hydroxyl groups is 1. The first-order valence-corrected chi connectivity index (χ1v) is 12.8. The summed E-state index contributed by atoms with van der Waals surface area (Å²) in [5, 5.41) is 16.3. The molecule has 0 aromatic rings. The zero-order valence-electron chi connectivity index (χ0n) is 21.1. The molecule has 0 radical (unpaired) electrons. The number of ether oxygens (including phenoxy) is 1. The Balaban J connectivity index is 2.08. The van der Waals surface area contributed by atoms with Gasteiger partial charge in [0.25, 0.3) is 0 Å². The summed E-state index contributed by atoms with van der Waals surface area (Å²) < 4.78 is 6.72. The molecule has 8 nitrogen and oxygen atoms in total. The zero-order chi connectivity index (χ0) is 24.6. The molecule has 33 heavy (non-hydrogen) atoms. The highest BCUT2D eigenvalue weighted by atomic mass is 16.5. The van der Waals surface area contributed by atoms with Gasteiger partial charge in [0, 0.05) is 12.6 Å². The smallest absolute Gasteiger partial charge is 0.246 e. The molecule has 3 heterocycles. The highest BCUT2D eigenvalue weighted by Gasteiger charge is 2.79. The summed E-state index contributed by atoms with van der Waals surface area (Å²) in [5.74, 6) is -2.04. The SMILES string of the molecule is CCCNC(=O)[C@H]1[C@H]2C(=O)N([C@@H](CO)C(C)C)C(C(=O)NC(C)CCC)C23CC[C@]1(CC)O3. The molecule has 0 aromatic heterocycles. The maximum Gasteiger partial charge on any atom is 0.246 e. The molecule has 0 aliphatic carbocycles. The first kappa shape index (κ1) is 25.9. The Hall–Kier alpha value is -1.67. The molecule has 2 bridgehead atoms. The van der Waals surface area contributed by atoms with Crippen molar-refractivity contribution in [3.05, 3.63) is 0 Å². The van der Waals surface area contributed by atoms with Crippen molar-refractivity contribution in [3.8, 4) is 0 Å². The molecule has 1 spiro atoms. The minimum absolute atomic E-state index is 0.0380. The first-order valence-electron chi connectivity index (χ1n) is 12.8. The lowest BCUT2D eigenvalue weighted by Gasteiger charge is -2.39. The van der Waals surface area contributed by atoms with Crippen LogP contribution in [0.15, 0.2) is 0 Å². The summed E-state index contributed by atoms with van der Waals surface area (Å²) >= 11 is 0. The van der Waals surface area contributed by atoms with Crippen LogP contribution in [0, 0.1) is 17.8 Å². The van der Waals surface area contributed by atoms with E-state index in [-0.39, 0.29) is 36.3 Å². The lowest BCUT2D eigenvalue weighted by atomic mass is 9.65. The Morgan fingerprint density at radius 3 is 2.39 bits per heavy atom. The summed E-state index contributed by atoms with van der Waals surface area (Å²) in [7, 11) is 0. The molecule has 3 amide bonds. The van der Waals surface area contributed by atoms with Crippen molar-refractivity contribution < 1.29 is 24.2 Å². The Bertz CT molecular complexity index is 758. The second-order valence-corrected chi connectivity index (χ2v) is 10.6. The number of nitrogens with zero attached hydrogens (tertiary/aromatic N) is 1. The summed E-state index contributed by atoms with van der Waals surface area (Å²) in [6, 6.07) is -1.41. The van der Waals surface area contributed by atoms with Gasteiger partial charge in [-0.15, -0.1) is 0 Å². The number of nitrogens with one attached hydrogen (secondary N) is 2. The van der Waals surface area contributed by atoms with Gasteiger partial charge in [0.05, 0.1) is 30.1 Å². The molecule has 3 fully saturated rings. The Morgan fingerprint density at radius 2 is 1.85 bits per heavy atom. The number of hydrogen-bond acceptors (Lipinski definition) is 5. The fourth-order valence-electron chi connectivity index (χ4n) is 6.52.